The van der Waals surface area contributed by atoms with Gasteiger partial charge in [0.2, 0.25) is 0 Å². The Bertz CT molecular complexity index is 280. The molecule has 2 aliphatic rings. The van der Waals surface area contributed by atoms with Crippen LogP contribution in [-0.2, 0) is 4.74 Å². The molecule has 2 fully saturated rings. The zero-order chi connectivity index (χ0) is 13.9. The maximum atomic E-state index is 5.69. The third kappa shape index (κ3) is 3.50. The van der Waals surface area contributed by atoms with E-state index >= 15 is 0 Å². The van der Waals surface area contributed by atoms with Crippen molar-refractivity contribution in [3.05, 3.63) is 0 Å². The number of hydrogen-bond donors (Lipinski definition) is 1. The first-order chi connectivity index (χ1) is 9.08. The number of nitrogens with zero attached hydrogens (tertiary/aromatic N) is 1. The predicted octanol–water partition coefficient (Wildman–Crippen LogP) is 2.65. The molecule has 0 aromatic rings. The van der Waals surface area contributed by atoms with E-state index in [4.69, 9.17) is 4.74 Å². The van der Waals surface area contributed by atoms with E-state index in [0.29, 0.717) is 12.1 Å². The van der Waals surface area contributed by atoms with Crippen LogP contribution in [0.15, 0.2) is 0 Å². The van der Waals surface area contributed by atoms with E-state index < -0.39 is 0 Å². The van der Waals surface area contributed by atoms with Gasteiger partial charge in [-0.05, 0) is 46.1 Å². The van der Waals surface area contributed by atoms with Gasteiger partial charge < -0.3 is 10.1 Å². The topological polar surface area (TPSA) is 24.5 Å². The van der Waals surface area contributed by atoms with Crippen LogP contribution >= 0.6 is 0 Å². The molecule has 0 radical (unpaired) electrons. The molecule has 3 heteroatoms. The van der Waals surface area contributed by atoms with Gasteiger partial charge in [-0.3, -0.25) is 4.90 Å². The van der Waals surface area contributed by atoms with Gasteiger partial charge in [0.05, 0.1) is 13.2 Å². The second-order valence-electron chi connectivity index (χ2n) is 6.99. The number of rotatable bonds is 4. The summed E-state index contributed by atoms with van der Waals surface area (Å²) in [7, 11) is 2.13. The Morgan fingerprint density at radius 3 is 2.74 bits per heavy atom. The maximum Gasteiger partial charge on any atom is 0.0645 e. The first-order valence-electron chi connectivity index (χ1n) is 8.10. The molecule has 0 aromatic carbocycles. The Morgan fingerprint density at radius 1 is 1.32 bits per heavy atom. The molecule has 1 saturated heterocycles. The van der Waals surface area contributed by atoms with Crippen molar-refractivity contribution in [3.8, 4) is 0 Å². The van der Waals surface area contributed by atoms with E-state index in [1.807, 2.05) is 0 Å². The lowest BCUT2D eigenvalue weighted by Gasteiger charge is -2.51. The third-order valence-electron chi connectivity index (χ3n) is 5.10. The first kappa shape index (κ1) is 15.3. The highest BCUT2D eigenvalue weighted by atomic mass is 16.5. The van der Waals surface area contributed by atoms with Crippen LogP contribution in [0.1, 0.15) is 52.9 Å². The van der Waals surface area contributed by atoms with Crippen LogP contribution < -0.4 is 5.32 Å². The molecule has 112 valence electrons. The summed E-state index contributed by atoms with van der Waals surface area (Å²) in [5.74, 6) is 0.929. The highest BCUT2D eigenvalue weighted by Crippen LogP contribution is 2.35. The maximum absolute atomic E-state index is 5.69. The summed E-state index contributed by atoms with van der Waals surface area (Å²) in [5, 5.41) is 3.57. The van der Waals surface area contributed by atoms with Crippen LogP contribution in [0.25, 0.3) is 0 Å². The van der Waals surface area contributed by atoms with Crippen molar-refractivity contribution >= 4 is 0 Å². The van der Waals surface area contributed by atoms with Crippen LogP contribution in [0.5, 0.6) is 0 Å². The minimum atomic E-state index is 0.187. The molecule has 1 saturated carbocycles. The molecule has 3 atom stereocenters. The summed E-state index contributed by atoms with van der Waals surface area (Å²) in [4.78, 5) is 2.72. The summed E-state index contributed by atoms with van der Waals surface area (Å²) in [6.45, 7) is 9.85. The summed E-state index contributed by atoms with van der Waals surface area (Å²) in [5.41, 5.74) is 0.187. The van der Waals surface area contributed by atoms with Crippen LogP contribution in [0.2, 0.25) is 0 Å². The molecule has 2 rings (SSSR count). The largest absolute Gasteiger partial charge is 0.378 e. The third-order valence-corrected chi connectivity index (χ3v) is 5.10. The molecule has 1 N–H and O–H groups in total. The molecule has 19 heavy (non-hydrogen) atoms. The van der Waals surface area contributed by atoms with Crippen molar-refractivity contribution in [3.63, 3.8) is 0 Å². The minimum Gasteiger partial charge on any atom is -0.378 e. The molecular formula is C16H32N2O. The Labute approximate surface area is 119 Å². The fourth-order valence-electron chi connectivity index (χ4n) is 4.07. The smallest absolute Gasteiger partial charge is 0.0645 e. The van der Waals surface area contributed by atoms with Crippen LogP contribution in [0.4, 0.5) is 0 Å². The molecule has 0 aromatic heterocycles. The number of ether oxygens (including phenoxy) is 1. The van der Waals surface area contributed by atoms with Crippen molar-refractivity contribution in [2.45, 2.75) is 70.5 Å². The Morgan fingerprint density at radius 2 is 2.11 bits per heavy atom. The van der Waals surface area contributed by atoms with Crippen LogP contribution in [0.3, 0.4) is 0 Å². The average molecular weight is 268 g/mol. The van der Waals surface area contributed by atoms with Crippen molar-refractivity contribution in [2.24, 2.45) is 5.92 Å². The normalized spacial score (nSPS) is 36.3. The number of morpholine rings is 1. The molecule has 1 aliphatic heterocycles. The quantitative estimate of drug-likeness (QED) is 0.848. The predicted molar refractivity (Wildman–Crippen MR) is 80.5 cm³/mol. The van der Waals surface area contributed by atoms with Gasteiger partial charge in [-0.1, -0.05) is 19.8 Å². The van der Waals surface area contributed by atoms with Crippen molar-refractivity contribution in [2.75, 3.05) is 26.8 Å². The van der Waals surface area contributed by atoms with Gasteiger partial charge in [0.15, 0.2) is 0 Å². The Balaban J connectivity index is 2.08. The van der Waals surface area contributed by atoms with E-state index in [2.05, 4.69) is 38.0 Å². The second-order valence-corrected chi connectivity index (χ2v) is 6.99. The lowest BCUT2D eigenvalue weighted by molar-refractivity contribution is -0.0881. The Hall–Kier alpha value is -0.120. The lowest BCUT2D eigenvalue weighted by atomic mass is 9.78. The van der Waals surface area contributed by atoms with Crippen LogP contribution in [0, 0.1) is 5.92 Å². The minimum absolute atomic E-state index is 0.187. The van der Waals surface area contributed by atoms with Gasteiger partial charge in [-0.15, -0.1) is 0 Å². The summed E-state index contributed by atoms with van der Waals surface area (Å²) >= 11 is 0. The van der Waals surface area contributed by atoms with E-state index in [1.165, 1.54) is 32.1 Å². The van der Waals surface area contributed by atoms with E-state index in [9.17, 15) is 0 Å². The van der Waals surface area contributed by atoms with Gasteiger partial charge >= 0.3 is 0 Å². The van der Waals surface area contributed by atoms with Crippen molar-refractivity contribution in [1.29, 1.82) is 0 Å². The average Bonchev–Trinajstić information content (AvgIpc) is 2.38. The lowest BCUT2D eigenvalue weighted by Crippen LogP contribution is -2.63. The molecule has 0 spiro atoms. The zero-order valence-electron chi connectivity index (χ0n) is 13.2. The fraction of sp³-hybridized carbons (Fsp3) is 1.00. The van der Waals surface area contributed by atoms with Gasteiger partial charge in [0, 0.05) is 24.2 Å². The van der Waals surface area contributed by atoms with Crippen molar-refractivity contribution in [1.82, 2.24) is 10.2 Å². The SMILES string of the molecule is CCCC1CCC(NC)C(N2CCOCC2(C)C)C1. The van der Waals surface area contributed by atoms with Crippen LogP contribution in [-0.4, -0.2) is 49.3 Å². The van der Waals surface area contributed by atoms with Gasteiger partial charge in [-0.2, -0.15) is 0 Å². The molecule has 1 aliphatic carbocycles. The highest BCUT2D eigenvalue weighted by molar-refractivity contribution is 4.97. The van der Waals surface area contributed by atoms with Gasteiger partial charge in [0.25, 0.3) is 0 Å². The van der Waals surface area contributed by atoms with Crippen molar-refractivity contribution < 1.29 is 4.74 Å². The molecular weight excluding hydrogens is 236 g/mol. The van der Waals surface area contributed by atoms with E-state index in [-0.39, 0.29) is 5.54 Å². The molecule has 0 bridgehead atoms. The summed E-state index contributed by atoms with van der Waals surface area (Å²) < 4.78 is 5.69. The van der Waals surface area contributed by atoms with E-state index in [0.717, 1.165) is 25.7 Å². The fourth-order valence-corrected chi connectivity index (χ4v) is 4.07. The summed E-state index contributed by atoms with van der Waals surface area (Å²) in [6, 6.07) is 1.35. The number of hydrogen-bond acceptors (Lipinski definition) is 3. The molecule has 1 heterocycles. The monoisotopic (exact) mass is 268 g/mol. The highest BCUT2D eigenvalue weighted by Gasteiger charge is 2.41. The standard InChI is InChI=1S/C16H32N2O/c1-5-6-13-7-8-14(17-4)15(11-13)18-9-10-19-12-16(18,2)3/h13-15,17H,5-12H2,1-4H3. The molecule has 3 nitrogen and oxygen atoms in total. The van der Waals surface area contributed by atoms with Gasteiger partial charge in [-0.25, -0.2) is 0 Å². The summed E-state index contributed by atoms with van der Waals surface area (Å²) in [6.07, 6.45) is 6.83. The van der Waals surface area contributed by atoms with Gasteiger partial charge in [0.1, 0.15) is 0 Å². The van der Waals surface area contributed by atoms with E-state index in [1.54, 1.807) is 0 Å². The zero-order valence-corrected chi connectivity index (χ0v) is 13.2. The molecule has 0 amide bonds. The first-order valence-corrected chi connectivity index (χ1v) is 8.10. The Kier molecular flexibility index (Phi) is 5.27. The molecule has 3 unspecified atom stereocenters. The number of nitrogens with one attached hydrogen (secondary N) is 1. The second kappa shape index (κ2) is 6.55. The number of likely N-dealkylation sites (N-methyl/N-ethyl adjacent to an activating group) is 1.